The van der Waals surface area contributed by atoms with Crippen molar-refractivity contribution in [3.63, 3.8) is 0 Å². The lowest BCUT2D eigenvalue weighted by Crippen LogP contribution is -2.46. The van der Waals surface area contributed by atoms with Crippen LogP contribution in [0.1, 0.15) is 42.3 Å². The van der Waals surface area contributed by atoms with Gasteiger partial charge in [0.25, 0.3) is 0 Å². The first-order chi connectivity index (χ1) is 15.8. The van der Waals surface area contributed by atoms with Crippen LogP contribution < -0.4 is 0 Å². The predicted octanol–water partition coefficient (Wildman–Crippen LogP) is 4.16. The summed E-state index contributed by atoms with van der Waals surface area (Å²) in [6, 6.07) is 8.66. The molecular formula is C25H31ClFN3O2S. The normalized spacial score (nSPS) is 19.8. The molecule has 0 radical (unpaired) electrons. The average molecular weight is 492 g/mol. The first-order valence-corrected chi connectivity index (χ1v) is 12.9. The highest BCUT2D eigenvalue weighted by molar-refractivity contribution is 7.10. The van der Waals surface area contributed by atoms with E-state index < -0.39 is 5.41 Å². The zero-order chi connectivity index (χ0) is 23.6. The summed E-state index contributed by atoms with van der Waals surface area (Å²) in [4.78, 5) is 33.3. The summed E-state index contributed by atoms with van der Waals surface area (Å²) >= 11 is 7.72. The fourth-order valence-corrected chi connectivity index (χ4v) is 5.75. The Kier molecular flexibility index (Phi) is 7.41. The SMILES string of the molecule is CC(C)(CCl)C(=O)N1CCCN(C(=O)CN2CCc3sccc3[C@H]2c2cccc(F)c2)CC1. The molecule has 8 heteroatoms. The molecule has 1 atom stereocenters. The molecule has 0 bridgehead atoms. The van der Waals surface area contributed by atoms with Gasteiger partial charge in [-0.3, -0.25) is 14.5 Å². The minimum atomic E-state index is -0.606. The number of fused-ring (bicyclic) bond motifs is 1. The second-order valence-electron chi connectivity index (χ2n) is 9.52. The van der Waals surface area contributed by atoms with Crippen LogP contribution in [0.3, 0.4) is 0 Å². The van der Waals surface area contributed by atoms with Gasteiger partial charge in [0.15, 0.2) is 0 Å². The van der Waals surface area contributed by atoms with E-state index in [1.54, 1.807) is 23.5 Å². The first kappa shape index (κ1) is 24.2. The Morgan fingerprint density at radius 1 is 1.12 bits per heavy atom. The molecule has 2 aromatic rings. The lowest BCUT2D eigenvalue weighted by molar-refractivity contribution is -0.139. The van der Waals surface area contributed by atoms with Gasteiger partial charge in [0.05, 0.1) is 18.0 Å². The highest BCUT2D eigenvalue weighted by atomic mass is 35.5. The van der Waals surface area contributed by atoms with E-state index in [9.17, 15) is 14.0 Å². The van der Waals surface area contributed by atoms with Crippen molar-refractivity contribution in [2.75, 3.05) is 45.1 Å². The number of hydrogen-bond donors (Lipinski definition) is 0. The second kappa shape index (κ2) is 10.1. The topological polar surface area (TPSA) is 43.9 Å². The van der Waals surface area contributed by atoms with Gasteiger partial charge in [-0.15, -0.1) is 22.9 Å². The van der Waals surface area contributed by atoms with Gasteiger partial charge in [-0.05, 0) is 61.4 Å². The summed E-state index contributed by atoms with van der Waals surface area (Å²) in [6.45, 7) is 7.05. The highest BCUT2D eigenvalue weighted by Gasteiger charge is 2.34. The van der Waals surface area contributed by atoms with Gasteiger partial charge in [-0.25, -0.2) is 4.39 Å². The van der Waals surface area contributed by atoms with Crippen molar-refractivity contribution in [1.29, 1.82) is 0 Å². The van der Waals surface area contributed by atoms with Gasteiger partial charge >= 0.3 is 0 Å². The Labute approximate surface area is 204 Å². The molecular weight excluding hydrogens is 461 g/mol. The quantitative estimate of drug-likeness (QED) is 0.590. The van der Waals surface area contributed by atoms with Crippen molar-refractivity contribution in [2.24, 2.45) is 5.41 Å². The number of thiophene rings is 1. The number of carbonyl (C=O) groups is 2. The van der Waals surface area contributed by atoms with Crippen molar-refractivity contribution in [3.8, 4) is 0 Å². The van der Waals surface area contributed by atoms with Crippen LogP contribution in [0.4, 0.5) is 4.39 Å². The number of rotatable bonds is 5. The fraction of sp³-hybridized carbons (Fsp3) is 0.520. The third-order valence-electron chi connectivity index (χ3n) is 6.62. The molecule has 2 aliphatic rings. The Morgan fingerprint density at radius 2 is 1.88 bits per heavy atom. The molecule has 0 N–H and O–H groups in total. The van der Waals surface area contributed by atoms with Crippen LogP contribution >= 0.6 is 22.9 Å². The van der Waals surface area contributed by atoms with E-state index in [1.165, 1.54) is 16.5 Å². The summed E-state index contributed by atoms with van der Waals surface area (Å²) in [7, 11) is 0. The number of nitrogens with zero attached hydrogens (tertiary/aromatic N) is 3. The molecule has 178 valence electrons. The van der Waals surface area contributed by atoms with Crippen molar-refractivity contribution in [2.45, 2.75) is 32.7 Å². The van der Waals surface area contributed by atoms with Crippen LogP contribution in [-0.4, -0.2) is 71.7 Å². The molecule has 0 aliphatic carbocycles. The van der Waals surface area contributed by atoms with E-state index in [-0.39, 0.29) is 36.1 Å². The molecule has 1 fully saturated rings. The standard InChI is InChI=1S/C25H31ClFN3O2S/c1-25(2,17-26)24(32)29-10-4-9-28(12-13-29)22(31)16-30-11-7-21-20(8-14-33-21)23(30)18-5-3-6-19(27)15-18/h3,5-6,8,14-15,23H,4,7,9-13,16-17H2,1-2H3/t23-/m1/s1. The molecule has 0 saturated carbocycles. The molecule has 33 heavy (non-hydrogen) atoms. The summed E-state index contributed by atoms with van der Waals surface area (Å²) in [5.41, 5.74) is 1.43. The van der Waals surface area contributed by atoms with Crippen LogP contribution in [0.15, 0.2) is 35.7 Å². The van der Waals surface area contributed by atoms with Crippen molar-refractivity contribution in [1.82, 2.24) is 14.7 Å². The second-order valence-corrected chi connectivity index (χ2v) is 10.8. The van der Waals surface area contributed by atoms with Crippen LogP contribution in [0.2, 0.25) is 0 Å². The minimum absolute atomic E-state index is 0.0407. The number of amides is 2. The maximum Gasteiger partial charge on any atom is 0.236 e. The molecule has 1 aromatic heterocycles. The highest BCUT2D eigenvalue weighted by Crippen LogP contribution is 2.37. The fourth-order valence-electron chi connectivity index (χ4n) is 4.73. The smallest absolute Gasteiger partial charge is 0.236 e. The van der Waals surface area contributed by atoms with E-state index >= 15 is 0 Å². The summed E-state index contributed by atoms with van der Waals surface area (Å²) in [5.74, 6) is 0.102. The van der Waals surface area contributed by atoms with Gasteiger partial charge in [0, 0.05) is 43.5 Å². The zero-order valence-electron chi connectivity index (χ0n) is 19.2. The summed E-state index contributed by atoms with van der Waals surface area (Å²) in [5, 5.41) is 2.07. The van der Waals surface area contributed by atoms with Crippen LogP contribution in [0.25, 0.3) is 0 Å². The minimum Gasteiger partial charge on any atom is -0.340 e. The van der Waals surface area contributed by atoms with Gasteiger partial charge in [0.1, 0.15) is 5.82 Å². The number of benzene rings is 1. The third kappa shape index (κ3) is 5.26. The van der Waals surface area contributed by atoms with Gasteiger partial charge < -0.3 is 9.80 Å². The lowest BCUT2D eigenvalue weighted by atomic mass is 9.93. The van der Waals surface area contributed by atoms with E-state index in [4.69, 9.17) is 11.6 Å². The Morgan fingerprint density at radius 3 is 2.64 bits per heavy atom. The molecule has 5 nitrogen and oxygen atoms in total. The first-order valence-electron chi connectivity index (χ1n) is 11.5. The van der Waals surface area contributed by atoms with Crippen LogP contribution in [0.5, 0.6) is 0 Å². The predicted molar refractivity (Wildman–Crippen MR) is 130 cm³/mol. The molecule has 2 aliphatic heterocycles. The maximum atomic E-state index is 14.0. The number of hydrogen-bond acceptors (Lipinski definition) is 4. The van der Waals surface area contributed by atoms with Crippen LogP contribution in [-0.2, 0) is 16.0 Å². The number of carbonyl (C=O) groups excluding carboxylic acids is 2. The third-order valence-corrected chi connectivity index (χ3v) is 8.28. The largest absolute Gasteiger partial charge is 0.340 e. The van der Waals surface area contributed by atoms with Crippen LogP contribution in [0, 0.1) is 11.2 Å². The average Bonchev–Trinajstić information content (AvgIpc) is 3.14. The Bertz CT molecular complexity index is 1010. The molecule has 0 spiro atoms. The molecule has 1 saturated heterocycles. The maximum absolute atomic E-state index is 14.0. The molecule has 0 unspecified atom stereocenters. The van der Waals surface area contributed by atoms with E-state index in [2.05, 4.69) is 16.3 Å². The number of halogens is 2. The Hall–Kier alpha value is -1.96. The monoisotopic (exact) mass is 491 g/mol. The lowest BCUT2D eigenvalue weighted by Gasteiger charge is -2.37. The van der Waals surface area contributed by atoms with Crippen molar-refractivity contribution in [3.05, 3.63) is 57.5 Å². The van der Waals surface area contributed by atoms with Crippen molar-refractivity contribution >= 4 is 34.8 Å². The summed E-state index contributed by atoms with van der Waals surface area (Å²) in [6.07, 6.45) is 1.64. The van der Waals surface area contributed by atoms with E-state index in [0.717, 1.165) is 24.9 Å². The van der Waals surface area contributed by atoms with Gasteiger partial charge in [-0.1, -0.05) is 12.1 Å². The molecule has 4 rings (SSSR count). The Balaban J connectivity index is 1.47. The molecule has 3 heterocycles. The molecule has 1 aromatic carbocycles. The van der Waals surface area contributed by atoms with Gasteiger partial charge in [-0.2, -0.15) is 0 Å². The molecule has 2 amide bonds. The zero-order valence-corrected chi connectivity index (χ0v) is 20.8. The number of alkyl halides is 1. The van der Waals surface area contributed by atoms with Gasteiger partial charge in [0.2, 0.25) is 11.8 Å². The summed E-state index contributed by atoms with van der Waals surface area (Å²) < 4.78 is 14.0. The van der Waals surface area contributed by atoms with E-state index in [0.29, 0.717) is 26.2 Å². The van der Waals surface area contributed by atoms with E-state index in [1.807, 2.05) is 29.7 Å². The van der Waals surface area contributed by atoms with Crippen molar-refractivity contribution < 1.29 is 14.0 Å².